The summed E-state index contributed by atoms with van der Waals surface area (Å²) in [5.74, 6) is 2.42. The van der Waals surface area contributed by atoms with Crippen molar-refractivity contribution in [3.63, 3.8) is 0 Å². The smallest absolute Gasteiger partial charge is 0.280 e. The van der Waals surface area contributed by atoms with Crippen LogP contribution in [0.5, 0.6) is 0 Å². The lowest BCUT2D eigenvalue weighted by Crippen LogP contribution is -2.22. The summed E-state index contributed by atoms with van der Waals surface area (Å²) in [4.78, 5) is 30.3. The van der Waals surface area contributed by atoms with E-state index >= 15 is 0 Å². The van der Waals surface area contributed by atoms with E-state index < -0.39 is 5.82 Å². The summed E-state index contributed by atoms with van der Waals surface area (Å²) in [6.45, 7) is 2.31. The molecule has 0 amide bonds. The predicted octanol–water partition coefficient (Wildman–Crippen LogP) is 1.89. The van der Waals surface area contributed by atoms with Crippen LogP contribution in [0.2, 0.25) is 5.02 Å². The first kappa shape index (κ1) is 19.6. The van der Waals surface area contributed by atoms with Gasteiger partial charge in [0.1, 0.15) is 18.7 Å². The van der Waals surface area contributed by atoms with Gasteiger partial charge in [-0.25, -0.2) is 19.3 Å². The summed E-state index contributed by atoms with van der Waals surface area (Å²) in [6.07, 6.45) is 6.81. The number of aromatic nitrogens is 7. The van der Waals surface area contributed by atoms with Crippen LogP contribution in [-0.4, -0.2) is 47.3 Å². The first-order valence-corrected chi connectivity index (χ1v) is 10.1. The van der Waals surface area contributed by atoms with Gasteiger partial charge >= 0.3 is 0 Å². The number of fused-ring (bicyclic) bond motifs is 2. The van der Waals surface area contributed by atoms with Gasteiger partial charge in [-0.05, 0) is 18.3 Å². The molecule has 2 aliphatic rings. The Kier molecular flexibility index (Phi) is 4.89. The Morgan fingerprint density at radius 2 is 1.97 bits per heavy atom. The molecule has 160 valence electrons. The summed E-state index contributed by atoms with van der Waals surface area (Å²) in [7, 11) is 1.75. The standard InChI is InChI=1S/C10H10ClFN2.C9H8N6O2/c11-8-2-10(13-3-9(8)12)14-4-6-1-7(6)5-14;1-14-4-11-8-7(14)9(16)15(5-12-8)2-6-10-3-13-17-6/h2-3,6-7H,1,4-5H2;3-5H,2H2,1H3. The Bertz CT molecular complexity index is 1280. The number of imidazole rings is 1. The fourth-order valence-electron chi connectivity index (χ4n) is 3.76. The minimum absolute atomic E-state index is 0.163. The van der Waals surface area contributed by atoms with Crippen LogP contribution in [-0.2, 0) is 13.6 Å². The second-order valence-corrected chi connectivity index (χ2v) is 8.06. The van der Waals surface area contributed by atoms with E-state index in [0.29, 0.717) is 17.1 Å². The van der Waals surface area contributed by atoms with Gasteiger partial charge in [0.15, 0.2) is 23.3 Å². The monoisotopic (exact) mass is 444 g/mol. The van der Waals surface area contributed by atoms with Crippen molar-refractivity contribution in [3.05, 3.63) is 58.3 Å². The molecule has 1 saturated heterocycles. The molecular weight excluding hydrogens is 427 g/mol. The van der Waals surface area contributed by atoms with Crippen LogP contribution >= 0.6 is 11.6 Å². The van der Waals surface area contributed by atoms with Crippen LogP contribution < -0.4 is 10.5 Å². The van der Waals surface area contributed by atoms with Gasteiger partial charge in [0, 0.05) is 26.2 Å². The fraction of sp³-hybridized carbons (Fsp3) is 0.368. The lowest BCUT2D eigenvalue weighted by Gasteiger charge is -2.18. The van der Waals surface area contributed by atoms with E-state index in [1.165, 1.54) is 29.8 Å². The number of piperidine rings is 1. The van der Waals surface area contributed by atoms with Crippen molar-refractivity contribution in [2.24, 2.45) is 18.9 Å². The second kappa shape index (κ2) is 7.73. The summed E-state index contributed by atoms with van der Waals surface area (Å²) in [6, 6.07) is 1.61. The minimum atomic E-state index is -0.445. The highest BCUT2D eigenvalue weighted by molar-refractivity contribution is 6.30. The first-order chi connectivity index (χ1) is 15.0. The Hall–Kier alpha value is -3.34. The molecule has 2 fully saturated rings. The van der Waals surface area contributed by atoms with E-state index in [1.807, 2.05) is 0 Å². The number of aryl methyl sites for hydroxylation is 1. The molecule has 1 aliphatic carbocycles. The molecule has 1 saturated carbocycles. The maximum Gasteiger partial charge on any atom is 0.280 e. The molecule has 1 aliphatic heterocycles. The van der Waals surface area contributed by atoms with Gasteiger partial charge in [-0.2, -0.15) is 4.98 Å². The molecule has 4 aromatic heterocycles. The maximum atomic E-state index is 12.9. The summed E-state index contributed by atoms with van der Waals surface area (Å²) >= 11 is 5.70. The zero-order chi connectivity index (χ0) is 21.5. The number of pyridine rings is 1. The van der Waals surface area contributed by atoms with Gasteiger partial charge in [0.25, 0.3) is 5.56 Å². The van der Waals surface area contributed by atoms with Gasteiger partial charge in [-0.1, -0.05) is 16.8 Å². The summed E-state index contributed by atoms with van der Waals surface area (Å²) in [5, 5.41) is 3.64. The molecule has 0 aromatic carbocycles. The molecule has 2 unspecified atom stereocenters. The van der Waals surface area contributed by atoms with Crippen molar-refractivity contribution < 1.29 is 8.91 Å². The highest BCUT2D eigenvalue weighted by atomic mass is 35.5. The van der Waals surface area contributed by atoms with Crippen molar-refractivity contribution in [2.45, 2.75) is 13.0 Å². The quantitative estimate of drug-likeness (QED) is 0.471. The number of hydrogen-bond acceptors (Lipinski definition) is 8. The fourth-order valence-corrected chi connectivity index (χ4v) is 3.90. The van der Waals surface area contributed by atoms with E-state index in [-0.39, 0.29) is 17.1 Å². The van der Waals surface area contributed by atoms with Crippen molar-refractivity contribution in [3.8, 4) is 0 Å². The van der Waals surface area contributed by atoms with E-state index in [0.717, 1.165) is 30.7 Å². The maximum absolute atomic E-state index is 12.9. The summed E-state index contributed by atoms with van der Waals surface area (Å²) in [5.41, 5.74) is 0.694. The van der Waals surface area contributed by atoms with Crippen LogP contribution in [0.15, 0.2) is 40.6 Å². The van der Waals surface area contributed by atoms with E-state index in [4.69, 9.17) is 16.1 Å². The van der Waals surface area contributed by atoms with E-state index in [9.17, 15) is 9.18 Å². The first-order valence-electron chi connectivity index (χ1n) is 9.67. The van der Waals surface area contributed by atoms with Gasteiger partial charge in [-0.15, -0.1) is 0 Å². The van der Waals surface area contributed by atoms with Crippen LogP contribution in [0.3, 0.4) is 0 Å². The third-order valence-corrected chi connectivity index (χ3v) is 5.80. The summed E-state index contributed by atoms with van der Waals surface area (Å²) < 4.78 is 20.7. The highest BCUT2D eigenvalue weighted by Gasteiger charge is 2.45. The zero-order valence-corrected chi connectivity index (χ0v) is 17.3. The highest BCUT2D eigenvalue weighted by Crippen LogP contribution is 2.46. The molecular formula is C19H18ClFN8O2. The van der Waals surface area contributed by atoms with Gasteiger partial charge in [-0.3, -0.25) is 9.36 Å². The lowest BCUT2D eigenvalue weighted by molar-refractivity contribution is 0.368. The molecule has 4 aromatic rings. The van der Waals surface area contributed by atoms with E-state index in [2.05, 4.69) is 30.0 Å². The Labute approximate surface area is 180 Å². The average Bonchev–Trinajstić information content (AvgIpc) is 3.14. The number of anilines is 1. The van der Waals surface area contributed by atoms with E-state index in [1.54, 1.807) is 24.0 Å². The average molecular weight is 445 g/mol. The number of rotatable bonds is 3. The normalized spacial score (nSPS) is 19.3. The van der Waals surface area contributed by atoms with Gasteiger partial charge < -0.3 is 14.0 Å². The number of hydrogen-bond donors (Lipinski definition) is 0. The zero-order valence-electron chi connectivity index (χ0n) is 16.5. The van der Waals surface area contributed by atoms with Crippen LogP contribution in [0, 0.1) is 17.7 Å². The molecule has 10 nitrogen and oxygen atoms in total. The van der Waals surface area contributed by atoms with Crippen molar-refractivity contribution in [1.82, 2.24) is 34.2 Å². The predicted molar refractivity (Wildman–Crippen MR) is 109 cm³/mol. The van der Waals surface area contributed by atoms with Gasteiger partial charge in [0.05, 0.1) is 17.5 Å². The lowest BCUT2D eigenvalue weighted by atomic mass is 10.4. The Balaban J connectivity index is 0.000000134. The molecule has 5 heterocycles. The SMILES string of the molecule is Cn1cnc2ncn(Cc3ncno3)c(=O)c21.Fc1cnc(N2CC3CC3C2)cc1Cl. The molecule has 31 heavy (non-hydrogen) atoms. The molecule has 0 radical (unpaired) electrons. The molecule has 0 spiro atoms. The largest absolute Gasteiger partial charge is 0.356 e. The third-order valence-electron chi connectivity index (χ3n) is 5.51. The Morgan fingerprint density at radius 1 is 1.19 bits per heavy atom. The van der Waals surface area contributed by atoms with Crippen molar-refractivity contribution in [2.75, 3.05) is 18.0 Å². The van der Waals surface area contributed by atoms with Crippen LogP contribution in [0.25, 0.3) is 11.2 Å². The molecule has 0 bridgehead atoms. The van der Waals surface area contributed by atoms with Crippen molar-refractivity contribution in [1.29, 1.82) is 0 Å². The van der Waals surface area contributed by atoms with Gasteiger partial charge in [0.2, 0.25) is 5.89 Å². The molecule has 0 N–H and O–H groups in total. The van der Waals surface area contributed by atoms with Crippen LogP contribution in [0.1, 0.15) is 12.3 Å². The number of halogens is 2. The molecule has 2 atom stereocenters. The number of nitrogens with zero attached hydrogens (tertiary/aromatic N) is 8. The van der Waals surface area contributed by atoms with Crippen molar-refractivity contribution >= 4 is 28.6 Å². The second-order valence-electron chi connectivity index (χ2n) is 7.66. The molecule has 6 rings (SSSR count). The third kappa shape index (κ3) is 3.88. The minimum Gasteiger partial charge on any atom is -0.356 e. The molecule has 12 heteroatoms. The topological polar surface area (TPSA) is 108 Å². The van der Waals surface area contributed by atoms with Crippen LogP contribution in [0.4, 0.5) is 10.2 Å². The Morgan fingerprint density at radius 3 is 2.68 bits per heavy atom.